The molecule has 2 aromatic carbocycles. The van der Waals surface area contributed by atoms with E-state index < -0.39 is 0 Å². The number of hydrogen-bond donors (Lipinski definition) is 1. The molecule has 3 atom stereocenters. The summed E-state index contributed by atoms with van der Waals surface area (Å²) in [5, 5.41) is 2.34. The highest BCUT2D eigenvalue weighted by molar-refractivity contribution is 5.71. The smallest absolute Gasteiger partial charge is 0.320 e. The van der Waals surface area contributed by atoms with Crippen LogP contribution in [0.25, 0.3) is 0 Å². The number of carbonyl (C=O) groups is 1. The maximum Gasteiger partial charge on any atom is 0.320 e. The molecule has 0 saturated carbocycles. The van der Waals surface area contributed by atoms with Crippen molar-refractivity contribution in [1.82, 2.24) is 15.3 Å². The molecule has 172 valence electrons. The van der Waals surface area contributed by atoms with Crippen LogP contribution in [0.15, 0.2) is 66.4 Å². The van der Waals surface area contributed by atoms with Gasteiger partial charge >= 0.3 is 5.97 Å². The van der Waals surface area contributed by atoms with Crippen LogP contribution in [0.1, 0.15) is 50.4 Å². The van der Waals surface area contributed by atoms with Gasteiger partial charge in [0.05, 0.1) is 25.2 Å². The summed E-state index contributed by atoms with van der Waals surface area (Å²) >= 11 is 0. The summed E-state index contributed by atoms with van der Waals surface area (Å²) in [5.74, 6) is -0.155. The molecule has 0 amide bonds. The van der Waals surface area contributed by atoms with Gasteiger partial charge in [-0.3, -0.25) is 9.69 Å². The predicted octanol–water partition coefficient (Wildman–Crippen LogP) is 4.64. The van der Waals surface area contributed by atoms with Crippen LogP contribution in [-0.2, 0) is 16.0 Å². The van der Waals surface area contributed by atoms with Gasteiger partial charge in [0.2, 0.25) is 0 Å². The summed E-state index contributed by atoms with van der Waals surface area (Å²) < 4.78 is 5.23. The lowest BCUT2D eigenvalue weighted by Crippen LogP contribution is -2.59. The number of nitrogens with zero attached hydrogens (tertiary/aromatic N) is 2. The lowest BCUT2D eigenvalue weighted by atomic mass is 9.99. The largest absolute Gasteiger partial charge is 0.465 e. The summed E-state index contributed by atoms with van der Waals surface area (Å²) in [6.45, 7) is 11.7. The maximum atomic E-state index is 12.2. The Balaban J connectivity index is 0.00000141. The van der Waals surface area contributed by atoms with Crippen LogP contribution >= 0.6 is 0 Å². The van der Waals surface area contributed by atoms with Crippen LogP contribution in [0.5, 0.6) is 0 Å². The fourth-order valence-electron chi connectivity index (χ4n) is 4.43. The van der Waals surface area contributed by atoms with Crippen LogP contribution < -0.4 is 5.43 Å². The first-order valence-electron chi connectivity index (χ1n) is 11.8. The first-order chi connectivity index (χ1) is 15.5. The molecule has 5 nitrogen and oxygen atoms in total. The molecule has 2 aromatic rings. The van der Waals surface area contributed by atoms with Crippen molar-refractivity contribution >= 4 is 5.97 Å². The molecule has 1 N–H and O–H groups in total. The zero-order chi connectivity index (χ0) is 23.1. The Bertz CT molecular complexity index is 895. The summed E-state index contributed by atoms with van der Waals surface area (Å²) in [5.41, 5.74) is 8.78. The van der Waals surface area contributed by atoms with Gasteiger partial charge in [0.25, 0.3) is 0 Å². The molecule has 0 radical (unpaired) electrons. The Hall–Kier alpha value is -2.63. The minimum Gasteiger partial charge on any atom is -0.465 e. The van der Waals surface area contributed by atoms with Crippen molar-refractivity contribution in [2.75, 3.05) is 19.7 Å². The number of esters is 1. The Morgan fingerprint density at radius 3 is 2.44 bits per heavy atom. The topological polar surface area (TPSA) is 44.8 Å². The molecule has 2 aliphatic rings. The van der Waals surface area contributed by atoms with E-state index in [9.17, 15) is 4.79 Å². The van der Waals surface area contributed by atoms with E-state index in [0.717, 1.165) is 13.0 Å². The van der Waals surface area contributed by atoms with E-state index in [2.05, 4.69) is 83.8 Å². The van der Waals surface area contributed by atoms with Crippen LogP contribution in [0, 0.1) is 6.92 Å². The van der Waals surface area contributed by atoms with Gasteiger partial charge in [-0.15, -0.1) is 0 Å². The van der Waals surface area contributed by atoms with Crippen molar-refractivity contribution in [2.24, 2.45) is 0 Å². The molecule has 5 heteroatoms. The molecular formula is C27H37N3O2. The second kappa shape index (κ2) is 11.3. The van der Waals surface area contributed by atoms with Crippen molar-refractivity contribution in [3.05, 3.63) is 83.1 Å². The van der Waals surface area contributed by atoms with Gasteiger partial charge < -0.3 is 9.75 Å². The highest BCUT2D eigenvalue weighted by Crippen LogP contribution is 2.34. The first-order valence-corrected chi connectivity index (χ1v) is 11.8. The Labute approximate surface area is 193 Å². The minimum atomic E-state index is -0.155. The number of ether oxygens (including phenoxy) is 1. The number of rotatable bonds is 6. The highest BCUT2D eigenvalue weighted by Gasteiger charge is 2.40. The average molecular weight is 436 g/mol. The van der Waals surface area contributed by atoms with E-state index in [4.69, 9.17) is 4.74 Å². The lowest BCUT2D eigenvalue weighted by molar-refractivity contribution is -0.145. The lowest BCUT2D eigenvalue weighted by Gasteiger charge is -2.45. The van der Waals surface area contributed by atoms with Crippen LogP contribution in [0.4, 0.5) is 0 Å². The van der Waals surface area contributed by atoms with Gasteiger partial charge in [0, 0.05) is 18.3 Å². The fraction of sp³-hybridized carbons (Fsp3) is 0.444. The summed E-state index contributed by atoms with van der Waals surface area (Å²) in [4.78, 5) is 14.5. The number of hydrazine groups is 1. The normalized spacial score (nSPS) is 22.5. The van der Waals surface area contributed by atoms with E-state index in [0.29, 0.717) is 13.2 Å². The second-order valence-corrected chi connectivity index (χ2v) is 8.23. The third kappa shape index (κ3) is 5.59. The van der Waals surface area contributed by atoms with Gasteiger partial charge in [0.1, 0.15) is 0 Å². The minimum absolute atomic E-state index is 0.142. The van der Waals surface area contributed by atoms with E-state index in [-0.39, 0.29) is 24.1 Å². The number of nitrogens with one attached hydrogen (secondary N) is 1. The van der Waals surface area contributed by atoms with Gasteiger partial charge in [0.15, 0.2) is 0 Å². The SMILES string of the molecule is CC.CCOC(=O)CN1CC(Cc2ccccc2)N2NC(c3ccc(C)cc3)C=C2C1C. The maximum absolute atomic E-state index is 12.2. The first kappa shape index (κ1) is 24.0. The van der Waals surface area contributed by atoms with Crippen LogP contribution in [0.3, 0.4) is 0 Å². The van der Waals surface area contributed by atoms with Gasteiger partial charge in [-0.2, -0.15) is 0 Å². The van der Waals surface area contributed by atoms with E-state index >= 15 is 0 Å². The van der Waals surface area contributed by atoms with E-state index in [1.54, 1.807) is 0 Å². The summed E-state index contributed by atoms with van der Waals surface area (Å²) in [6.07, 6.45) is 3.22. The molecule has 0 bridgehead atoms. The molecule has 32 heavy (non-hydrogen) atoms. The molecule has 0 spiro atoms. The van der Waals surface area contributed by atoms with E-state index in [1.807, 2.05) is 26.8 Å². The zero-order valence-corrected chi connectivity index (χ0v) is 20.0. The summed E-state index contributed by atoms with van der Waals surface area (Å²) in [6, 6.07) is 19.8. The zero-order valence-electron chi connectivity index (χ0n) is 20.0. The van der Waals surface area contributed by atoms with Crippen molar-refractivity contribution in [3.63, 3.8) is 0 Å². The standard InChI is InChI=1S/C25H31N3O2.C2H6/c1-4-30-25(29)17-27-16-22(14-20-8-6-5-7-9-20)28-24(19(27)3)15-23(26-28)21-12-10-18(2)11-13-21;1-2/h5-13,15,19,22-23,26H,4,14,16-17H2,1-3H3;1-2H3. The van der Waals surface area contributed by atoms with Gasteiger partial charge in [-0.25, -0.2) is 5.43 Å². The fourth-order valence-corrected chi connectivity index (χ4v) is 4.43. The Morgan fingerprint density at radius 1 is 1.09 bits per heavy atom. The molecular weight excluding hydrogens is 398 g/mol. The van der Waals surface area contributed by atoms with Crippen LogP contribution in [0.2, 0.25) is 0 Å². The van der Waals surface area contributed by atoms with Crippen molar-refractivity contribution in [3.8, 4) is 0 Å². The molecule has 4 rings (SSSR count). The number of piperazine rings is 1. The number of aryl methyl sites for hydroxylation is 1. The number of hydrogen-bond acceptors (Lipinski definition) is 5. The highest BCUT2D eigenvalue weighted by atomic mass is 16.5. The average Bonchev–Trinajstić information content (AvgIpc) is 3.26. The third-order valence-electron chi connectivity index (χ3n) is 6.07. The van der Waals surface area contributed by atoms with Gasteiger partial charge in [-0.1, -0.05) is 74.0 Å². The number of benzene rings is 2. The number of carbonyl (C=O) groups excluding carboxylic acids is 1. The molecule has 1 saturated heterocycles. The molecule has 2 aliphatic heterocycles. The summed E-state index contributed by atoms with van der Waals surface area (Å²) in [7, 11) is 0. The van der Waals surface area contributed by atoms with Crippen molar-refractivity contribution in [2.45, 2.75) is 59.2 Å². The van der Waals surface area contributed by atoms with Gasteiger partial charge in [-0.05, 0) is 44.4 Å². The Morgan fingerprint density at radius 2 is 1.78 bits per heavy atom. The van der Waals surface area contributed by atoms with Crippen molar-refractivity contribution < 1.29 is 9.53 Å². The third-order valence-corrected chi connectivity index (χ3v) is 6.07. The Kier molecular flexibility index (Phi) is 8.48. The monoisotopic (exact) mass is 435 g/mol. The molecule has 3 unspecified atom stereocenters. The molecule has 1 fully saturated rings. The van der Waals surface area contributed by atoms with Crippen molar-refractivity contribution in [1.29, 1.82) is 0 Å². The predicted molar refractivity (Wildman–Crippen MR) is 130 cm³/mol. The molecule has 2 heterocycles. The van der Waals surface area contributed by atoms with E-state index in [1.165, 1.54) is 22.4 Å². The molecule has 0 aliphatic carbocycles. The second-order valence-electron chi connectivity index (χ2n) is 8.23. The van der Waals surface area contributed by atoms with Crippen LogP contribution in [-0.4, -0.2) is 47.7 Å². The number of fused-ring (bicyclic) bond motifs is 1. The quantitative estimate of drug-likeness (QED) is 0.670. The molecule has 0 aromatic heterocycles.